The van der Waals surface area contributed by atoms with Crippen LogP contribution in [0.2, 0.25) is 0 Å². The van der Waals surface area contributed by atoms with Gasteiger partial charge in [-0.3, -0.25) is 0 Å². The highest BCUT2D eigenvalue weighted by Gasteiger charge is 2.36. The minimum atomic E-state index is -3.53. The molecular weight excluding hydrogens is 454 g/mol. The first kappa shape index (κ1) is 22.3. The lowest BCUT2D eigenvalue weighted by Crippen LogP contribution is -2.32. The Hall–Kier alpha value is -2.93. The quantitative estimate of drug-likeness (QED) is 0.477. The van der Waals surface area contributed by atoms with Gasteiger partial charge in [0.05, 0.1) is 10.8 Å². The summed E-state index contributed by atoms with van der Waals surface area (Å²) in [6.07, 6.45) is 0.802. The summed E-state index contributed by atoms with van der Waals surface area (Å²) < 4.78 is 84.7. The van der Waals surface area contributed by atoms with Gasteiger partial charge in [-0.2, -0.15) is 8.78 Å². The Balaban J connectivity index is 1.54. The van der Waals surface area contributed by atoms with Crippen molar-refractivity contribution in [3.05, 3.63) is 59.5 Å². The smallest absolute Gasteiger partial charge is 0.314 e. The van der Waals surface area contributed by atoms with E-state index in [0.29, 0.717) is 12.8 Å². The number of aromatic nitrogens is 4. The first-order chi connectivity index (χ1) is 15.2. The van der Waals surface area contributed by atoms with Crippen LogP contribution in [0.25, 0.3) is 11.5 Å². The van der Waals surface area contributed by atoms with Gasteiger partial charge in [-0.1, -0.05) is 6.07 Å². The van der Waals surface area contributed by atoms with E-state index in [9.17, 15) is 26.0 Å². The molecule has 1 saturated carbocycles. The Labute approximate surface area is 180 Å². The van der Waals surface area contributed by atoms with Crippen molar-refractivity contribution in [2.24, 2.45) is 0 Å². The van der Waals surface area contributed by atoms with Gasteiger partial charge < -0.3 is 4.42 Å². The molecule has 1 N–H and O–H groups in total. The van der Waals surface area contributed by atoms with Crippen molar-refractivity contribution in [1.82, 2.24) is 24.9 Å². The number of rotatable bonds is 9. The zero-order valence-corrected chi connectivity index (χ0v) is 17.2. The van der Waals surface area contributed by atoms with Gasteiger partial charge in [0.15, 0.2) is 0 Å². The second-order valence-electron chi connectivity index (χ2n) is 7.29. The van der Waals surface area contributed by atoms with E-state index in [2.05, 4.69) is 24.9 Å². The first-order valence-corrected chi connectivity index (χ1v) is 11.1. The van der Waals surface area contributed by atoms with Crippen molar-refractivity contribution < 1.29 is 30.4 Å². The number of alkyl halides is 2. The van der Waals surface area contributed by atoms with E-state index in [1.807, 2.05) is 0 Å². The summed E-state index contributed by atoms with van der Waals surface area (Å²) in [5, 5.41) is 6.28. The number of sulfonamides is 1. The minimum absolute atomic E-state index is 0.0299. The van der Waals surface area contributed by atoms with Crippen LogP contribution in [0.4, 0.5) is 17.6 Å². The molecule has 0 saturated heterocycles. The largest absolute Gasteiger partial charge is 0.415 e. The van der Waals surface area contributed by atoms with E-state index in [1.54, 1.807) is 0 Å². The average Bonchev–Trinajstić information content (AvgIpc) is 3.50. The highest BCUT2D eigenvalue weighted by molar-refractivity contribution is 7.90. The predicted octanol–water partition coefficient (Wildman–Crippen LogP) is 3.15. The van der Waals surface area contributed by atoms with E-state index in [1.165, 1.54) is 18.5 Å². The number of nitrogens with zero attached hydrogens (tertiary/aromatic N) is 4. The van der Waals surface area contributed by atoms with Crippen LogP contribution in [0.15, 0.2) is 35.0 Å². The Bertz CT molecular complexity index is 1200. The molecule has 170 valence electrons. The van der Waals surface area contributed by atoms with Crippen LogP contribution in [-0.4, -0.2) is 40.4 Å². The van der Waals surface area contributed by atoms with Crippen LogP contribution in [0.3, 0.4) is 0 Å². The van der Waals surface area contributed by atoms with Gasteiger partial charge in [0.25, 0.3) is 11.8 Å². The summed E-state index contributed by atoms with van der Waals surface area (Å²) in [7, 11) is -3.53. The van der Waals surface area contributed by atoms with Gasteiger partial charge in [0, 0.05) is 37.3 Å². The molecule has 0 spiro atoms. The van der Waals surface area contributed by atoms with Crippen LogP contribution in [0, 0.1) is 11.6 Å². The zero-order chi connectivity index (χ0) is 22.9. The third-order valence-corrected chi connectivity index (χ3v) is 6.82. The molecule has 3 aromatic rings. The molecule has 0 radical (unpaired) electrons. The normalized spacial score (nSPS) is 15.3. The molecule has 4 rings (SSSR count). The fourth-order valence-electron chi connectivity index (χ4n) is 3.07. The highest BCUT2D eigenvalue weighted by atomic mass is 32.2. The van der Waals surface area contributed by atoms with Crippen LogP contribution in [0.5, 0.6) is 0 Å². The van der Waals surface area contributed by atoms with Crippen LogP contribution in [-0.2, 0) is 16.4 Å². The molecule has 0 amide bonds. The van der Waals surface area contributed by atoms with Gasteiger partial charge in [-0.15, -0.1) is 10.2 Å². The lowest BCUT2D eigenvalue weighted by Gasteiger charge is -2.18. The fraction of sp³-hybridized carbons (Fsp3) is 0.368. The highest BCUT2D eigenvalue weighted by Crippen LogP contribution is 2.29. The van der Waals surface area contributed by atoms with Crippen molar-refractivity contribution in [3.63, 3.8) is 0 Å². The van der Waals surface area contributed by atoms with Gasteiger partial charge in [-0.25, -0.2) is 31.9 Å². The molecule has 1 aliphatic rings. The molecule has 1 aliphatic carbocycles. The maximum Gasteiger partial charge on any atom is 0.314 e. The van der Waals surface area contributed by atoms with Gasteiger partial charge in [-0.05, 0) is 24.5 Å². The number of nitrogens with one attached hydrogen (secondary N) is 1. The van der Waals surface area contributed by atoms with E-state index in [0.717, 1.165) is 12.1 Å². The molecule has 1 unspecified atom stereocenters. The second kappa shape index (κ2) is 8.90. The number of hydrogen-bond donors (Lipinski definition) is 1. The lowest BCUT2D eigenvalue weighted by atomic mass is 9.95. The summed E-state index contributed by atoms with van der Waals surface area (Å²) in [5.41, 5.74) is 0.308. The SMILES string of the molecule is O=S(=O)(NCC(Cc1ncc(-c2nnc(C(F)F)o2)cn1)c1ccc(F)cc1F)C1CC1. The van der Waals surface area contributed by atoms with Crippen LogP contribution < -0.4 is 4.72 Å². The molecule has 0 aliphatic heterocycles. The molecular formula is C19H17F4N5O3S. The lowest BCUT2D eigenvalue weighted by molar-refractivity contribution is 0.116. The van der Waals surface area contributed by atoms with E-state index < -0.39 is 45.1 Å². The number of halogens is 4. The third-order valence-electron chi connectivity index (χ3n) is 4.90. The number of benzene rings is 1. The van der Waals surface area contributed by atoms with E-state index in [4.69, 9.17) is 4.42 Å². The molecule has 2 aromatic heterocycles. The van der Waals surface area contributed by atoms with Crippen molar-refractivity contribution in [1.29, 1.82) is 0 Å². The maximum atomic E-state index is 14.4. The van der Waals surface area contributed by atoms with E-state index in [-0.39, 0.29) is 35.8 Å². The van der Waals surface area contributed by atoms with Gasteiger partial charge in [0.2, 0.25) is 10.0 Å². The molecule has 8 nitrogen and oxygen atoms in total. The van der Waals surface area contributed by atoms with Crippen LogP contribution >= 0.6 is 0 Å². The van der Waals surface area contributed by atoms with Crippen LogP contribution in [0.1, 0.15) is 42.5 Å². The monoisotopic (exact) mass is 471 g/mol. The molecule has 1 atom stereocenters. The van der Waals surface area contributed by atoms with E-state index >= 15 is 0 Å². The molecule has 1 aromatic carbocycles. The van der Waals surface area contributed by atoms with Gasteiger partial charge >= 0.3 is 6.43 Å². The standard InChI is InChI=1S/C19H17F4N5O3S/c20-12-1-4-14(15(21)6-12)10(9-26-32(29,30)13-2-3-13)5-16-24-7-11(8-25-16)18-27-28-19(31-18)17(22)23/h1,4,6-8,10,13,17,26H,2-3,5,9H2. The Morgan fingerprint density at radius 3 is 2.44 bits per heavy atom. The first-order valence-electron chi connectivity index (χ1n) is 9.59. The topological polar surface area (TPSA) is 111 Å². The summed E-state index contributed by atoms with van der Waals surface area (Å²) in [6, 6.07) is 3.05. The Morgan fingerprint density at radius 1 is 1.12 bits per heavy atom. The summed E-state index contributed by atoms with van der Waals surface area (Å²) in [4.78, 5) is 8.23. The molecule has 1 fully saturated rings. The molecule has 2 heterocycles. The van der Waals surface area contributed by atoms with Crippen molar-refractivity contribution in [3.8, 4) is 11.5 Å². The molecule has 13 heteroatoms. The summed E-state index contributed by atoms with van der Waals surface area (Å²) in [6.45, 7) is -0.131. The molecule has 0 bridgehead atoms. The number of hydrogen-bond acceptors (Lipinski definition) is 7. The Morgan fingerprint density at radius 2 is 1.84 bits per heavy atom. The van der Waals surface area contributed by atoms with Crippen molar-refractivity contribution >= 4 is 10.0 Å². The van der Waals surface area contributed by atoms with Crippen molar-refractivity contribution in [2.75, 3.05) is 6.54 Å². The average molecular weight is 471 g/mol. The predicted molar refractivity (Wildman–Crippen MR) is 103 cm³/mol. The summed E-state index contributed by atoms with van der Waals surface area (Å²) >= 11 is 0. The second-order valence-corrected chi connectivity index (χ2v) is 9.34. The zero-order valence-electron chi connectivity index (χ0n) is 16.4. The summed E-state index contributed by atoms with van der Waals surface area (Å²) in [5.74, 6) is -3.09. The van der Waals surface area contributed by atoms with Gasteiger partial charge in [0.1, 0.15) is 17.5 Å². The minimum Gasteiger partial charge on any atom is -0.415 e. The maximum absolute atomic E-state index is 14.4. The molecule has 32 heavy (non-hydrogen) atoms. The van der Waals surface area contributed by atoms with Crippen molar-refractivity contribution in [2.45, 2.75) is 36.9 Å². The third kappa shape index (κ3) is 5.10. The fourth-order valence-corrected chi connectivity index (χ4v) is 4.49. The Kier molecular flexibility index (Phi) is 6.20.